The predicted octanol–water partition coefficient (Wildman–Crippen LogP) is 14.9. The summed E-state index contributed by atoms with van der Waals surface area (Å²) in [4.78, 5) is 11.6. The first-order valence-corrected chi connectivity index (χ1v) is 31.9. The van der Waals surface area contributed by atoms with E-state index in [-0.39, 0.29) is 23.5 Å². The fourth-order valence-electron chi connectivity index (χ4n) is 7.58. The van der Waals surface area contributed by atoms with Crippen LogP contribution in [0.15, 0.2) is 154 Å². The maximum atomic E-state index is 11.2. The van der Waals surface area contributed by atoms with Crippen LogP contribution in [-0.4, -0.2) is 56.6 Å². The lowest BCUT2D eigenvalue weighted by atomic mass is 10.0. The molecule has 0 bridgehead atoms. The Morgan fingerprint density at radius 2 is 1.01 bits per heavy atom. The Morgan fingerprint density at radius 3 is 1.50 bits per heavy atom. The molecule has 12 nitrogen and oxygen atoms in total. The Hall–Kier alpha value is -3.81. The smallest absolute Gasteiger partial charge is 0.212 e. The average molecular weight is 1100 g/mol. The molecule has 68 heavy (non-hydrogen) atoms. The van der Waals surface area contributed by atoms with Gasteiger partial charge in [-0.25, -0.2) is 18.6 Å². The van der Waals surface area contributed by atoms with E-state index in [4.69, 9.17) is 4.98 Å². The molecule has 6 aromatic heterocycles. The van der Waals surface area contributed by atoms with Crippen LogP contribution in [0.1, 0.15) is 11.3 Å². The zero-order valence-electron chi connectivity index (χ0n) is 36.5. The Labute approximate surface area is 419 Å². The van der Waals surface area contributed by atoms with Gasteiger partial charge < -0.3 is 33.7 Å². The molecule has 0 saturated heterocycles. The van der Waals surface area contributed by atoms with Gasteiger partial charge in [-0.3, -0.25) is 4.34 Å². The van der Waals surface area contributed by atoms with E-state index in [0.717, 1.165) is 53.8 Å². The summed E-state index contributed by atoms with van der Waals surface area (Å²) in [5.41, 5.74) is 7.76. The van der Waals surface area contributed by atoms with Gasteiger partial charge in [0.05, 0.1) is 39.1 Å². The van der Waals surface area contributed by atoms with Crippen molar-refractivity contribution in [3.63, 3.8) is 0 Å². The van der Waals surface area contributed by atoms with Gasteiger partial charge in [0.2, 0.25) is 23.5 Å². The molecule has 23 heteroatoms. The van der Waals surface area contributed by atoms with Crippen LogP contribution < -0.4 is 0 Å². The van der Waals surface area contributed by atoms with Crippen molar-refractivity contribution in [3.8, 4) is 57.0 Å². The molecule has 4 N–H and O–H groups in total. The number of aryl methyl sites for hydroxylation is 2. The van der Waals surface area contributed by atoms with Gasteiger partial charge in [-0.05, 0) is 69.0 Å². The zero-order valence-corrected chi connectivity index (χ0v) is 47.5. The first kappa shape index (κ1) is 50.6. The SMILES string of the molecule is Cc1c(-c2cn(P)c3ccccc23)c(O)n(P=P)c1O.Cc1cn(C)c(Sc2ccccc2)n1.Oc1c(-c2cn(P(P)P)c(Sc3ccccc3)n2)c(-c2cn(P)c3ccccc23)c(O)n1P=P. The van der Waals surface area contributed by atoms with Crippen molar-refractivity contribution >= 4 is 123 Å². The Kier molecular flexibility index (Phi) is 16.4. The second kappa shape index (κ2) is 22.1. The highest BCUT2D eigenvalue weighted by Crippen LogP contribution is 2.58. The summed E-state index contributed by atoms with van der Waals surface area (Å²) in [6, 6.07) is 36.3. The number of aromatic hydroxyl groups is 4. The summed E-state index contributed by atoms with van der Waals surface area (Å²) in [5.74, 6) is 0.0339. The number of hydrogen-bond acceptors (Lipinski definition) is 8. The van der Waals surface area contributed by atoms with Crippen LogP contribution in [-0.2, 0) is 7.05 Å². The molecule has 0 spiro atoms. The van der Waals surface area contributed by atoms with Crippen molar-refractivity contribution in [2.24, 2.45) is 7.05 Å². The van der Waals surface area contributed by atoms with E-state index in [1.807, 2.05) is 149 Å². The van der Waals surface area contributed by atoms with Crippen LogP contribution >= 0.6 is 101 Å². The van der Waals surface area contributed by atoms with Crippen molar-refractivity contribution in [2.75, 3.05) is 0 Å². The molecule has 10 rings (SSSR count). The maximum absolute atomic E-state index is 11.2. The van der Waals surface area contributed by atoms with Crippen molar-refractivity contribution in [3.05, 3.63) is 145 Å². The second-order valence-corrected chi connectivity index (χ2v) is 26.8. The van der Waals surface area contributed by atoms with E-state index >= 15 is 0 Å². The first-order valence-electron chi connectivity index (χ1n) is 20.3. The number of aromatic nitrogens is 8. The van der Waals surface area contributed by atoms with Crippen molar-refractivity contribution in [1.82, 2.24) is 36.2 Å². The molecular formula is C45H45N8O4P9S2. The minimum absolute atomic E-state index is 0.0312. The highest BCUT2D eigenvalue weighted by Gasteiger charge is 2.29. The summed E-state index contributed by atoms with van der Waals surface area (Å²) >= 11 is 3.25. The van der Waals surface area contributed by atoms with E-state index in [9.17, 15) is 20.4 Å². The molecule has 346 valence electrons. The van der Waals surface area contributed by atoms with E-state index < -0.39 is 7.45 Å². The largest absolute Gasteiger partial charge is 0.494 e. The predicted molar refractivity (Wildman–Crippen MR) is 306 cm³/mol. The topological polar surface area (TPSA) is 136 Å². The third kappa shape index (κ3) is 10.3. The normalized spacial score (nSPS) is 11.4. The van der Waals surface area contributed by atoms with Crippen LogP contribution in [0.3, 0.4) is 0 Å². The number of nitrogens with zero attached hydrogens (tertiary/aromatic N) is 8. The van der Waals surface area contributed by atoms with Crippen molar-refractivity contribution in [2.45, 2.75) is 34.0 Å². The third-order valence-electron chi connectivity index (χ3n) is 10.7. The highest BCUT2D eigenvalue weighted by molar-refractivity contribution is 8.42. The highest BCUT2D eigenvalue weighted by atomic mass is 32.4. The standard InChI is InChI=1S/C21H20N4O2P6S.C13H13N2O2P3.C11H12N2S/c26-19-17(14-10-23(28)16-9-5-4-8-13(14)16)18(20(27)25(19)32-29)15-11-24(33(30)31)21(22-15)34-12-6-2-1-3-7-12;1-7-11(13(17)15(20-19)12(7)16)9-6-14(18)10-5-3-2-4-8(9)10;1-9-8-13(2)11(12-9)14-10-6-4-3-5-7-10/h1-11,26-27,29H,28,30-31H2;2-6,16-17,19H,18H2,1H3;3-8H,1-2H3. The first-order chi connectivity index (χ1) is 32.7. The molecule has 0 aliphatic heterocycles. The van der Waals surface area contributed by atoms with Crippen LogP contribution in [0.4, 0.5) is 0 Å². The van der Waals surface area contributed by atoms with Gasteiger partial charge in [0.25, 0.3) is 0 Å². The molecule has 0 saturated carbocycles. The molecule has 0 aliphatic carbocycles. The van der Waals surface area contributed by atoms with Gasteiger partial charge in [0.15, 0.2) is 10.3 Å². The number of benzene rings is 4. The molecule has 0 radical (unpaired) electrons. The fourth-order valence-corrected chi connectivity index (χ4v) is 14.4. The molecule has 0 fully saturated rings. The summed E-state index contributed by atoms with van der Waals surface area (Å²) in [5, 5.41) is 46.7. The van der Waals surface area contributed by atoms with E-state index in [2.05, 4.69) is 75.1 Å². The van der Waals surface area contributed by atoms with Crippen LogP contribution in [0, 0.1) is 13.8 Å². The van der Waals surface area contributed by atoms with Crippen molar-refractivity contribution in [1.29, 1.82) is 0 Å². The van der Waals surface area contributed by atoms with E-state index in [0.29, 0.717) is 44.0 Å². The Balaban J connectivity index is 0.000000154. The lowest BCUT2D eigenvalue weighted by Gasteiger charge is -2.09. The molecule has 4 unspecified atom stereocenters. The van der Waals surface area contributed by atoms with Crippen molar-refractivity contribution < 1.29 is 20.4 Å². The summed E-state index contributed by atoms with van der Waals surface area (Å²) in [6.45, 7) is 3.81. The van der Waals surface area contributed by atoms with Gasteiger partial charge in [0, 0.05) is 92.6 Å². The minimum atomic E-state index is -0.687. The maximum Gasteiger partial charge on any atom is 0.212 e. The number of hydrogen-bond donors (Lipinski definition) is 4. The number of fused-ring (bicyclic) bond motifs is 2. The van der Waals surface area contributed by atoms with E-state index in [1.54, 1.807) is 30.4 Å². The summed E-state index contributed by atoms with van der Waals surface area (Å²) in [7, 11) is 20.1. The molecule has 10 aromatic rings. The molecule has 4 atom stereocenters. The third-order valence-corrected chi connectivity index (χ3v) is 18.4. The summed E-state index contributed by atoms with van der Waals surface area (Å²) < 4.78 is 10.8. The fraction of sp³-hybridized carbons (Fsp3) is 0.0667. The van der Waals surface area contributed by atoms with Gasteiger partial charge in [-0.1, -0.05) is 131 Å². The molecule has 0 amide bonds. The minimum Gasteiger partial charge on any atom is -0.494 e. The number of imidazole rings is 2. The van der Waals surface area contributed by atoms with Crippen LogP contribution in [0.2, 0.25) is 0 Å². The second-order valence-electron chi connectivity index (χ2n) is 15.0. The molecule has 4 aromatic carbocycles. The monoisotopic (exact) mass is 1100 g/mol. The van der Waals surface area contributed by atoms with Crippen LogP contribution in [0.25, 0.3) is 55.3 Å². The zero-order chi connectivity index (χ0) is 48.4. The van der Waals surface area contributed by atoms with E-state index in [1.165, 1.54) is 13.6 Å². The number of para-hydroxylation sites is 2. The average Bonchev–Trinajstić information content (AvgIpc) is 4.16. The van der Waals surface area contributed by atoms with Gasteiger partial charge >= 0.3 is 0 Å². The Morgan fingerprint density at radius 1 is 0.559 bits per heavy atom. The quantitative estimate of drug-likeness (QED) is 0.0994. The molecular weight excluding hydrogens is 1060 g/mol. The van der Waals surface area contributed by atoms with Gasteiger partial charge in [-0.15, -0.1) is 0 Å². The molecule has 0 aliphatic rings. The number of rotatable bonds is 10. The Bertz CT molecular complexity index is 3460. The lowest BCUT2D eigenvalue weighted by molar-refractivity contribution is 0.414. The van der Waals surface area contributed by atoms with Crippen LogP contribution in [0.5, 0.6) is 23.5 Å². The lowest BCUT2D eigenvalue weighted by Crippen LogP contribution is -1.87. The van der Waals surface area contributed by atoms with Gasteiger partial charge in [0.1, 0.15) is 0 Å². The van der Waals surface area contributed by atoms with Gasteiger partial charge in [-0.2, -0.15) is 0 Å². The summed E-state index contributed by atoms with van der Waals surface area (Å²) in [6.07, 6.45) is 7.85. The molecule has 6 heterocycles.